The molecule has 10 nitrogen and oxygen atoms in total. The first-order chi connectivity index (χ1) is 18.8. The molecule has 4 rings (SSSR count). The van der Waals surface area contributed by atoms with Crippen LogP contribution >= 0.6 is 0 Å². The molecule has 1 aliphatic heterocycles. The zero-order valence-electron chi connectivity index (χ0n) is 23.1. The molecule has 1 unspecified atom stereocenters. The van der Waals surface area contributed by atoms with Crippen molar-refractivity contribution in [2.45, 2.75) is 84.2 Å². The van der Waals surface area contributed by atoms with Gasteiger partial charge < -0.3 is 15.0 Å². The minimum absolute atomic E-state index is 0.0919. The van der Waals surface area contributed by atoms with Crippen LogP contribution in [0, 0.1) is 6.92 Å². The molecule has 3 aromatic rings. The van der Waals surface area contributed by atoms with Crippen molar-refractivity contribution >= 4 is 28.5 Å². The molecule has 1 N–H and O–H groups in total. The maximum absolute atomic E-state index is 13.4. The highest BCUT2D eigenvalue weighted by atomic mass is 16.5. The Kier molecular flexibility index (Phi) is 9.62. The molecule has 3 heterocycles. The fraction of sp³-hybridized carbons (Fsp3) is 0.517. The Hall–Kier alpha value is -3.82. The van der Waals surface area contributed by atoms with Gasteiger partial charge in [0.25, 0.3) is 0 Å². The Morgan fingerprint density at radius 3 is 2.41 bits per heavy atom. The third-order valence-electron chi connectivity index (χ3n) is 7.17. The lowest BCUT2D eigenvalue weighted by atomic mass is 10.0. The Bertz CT molecular complexity index is 1300. The molecule has 1 saturated heterocycles. The molecule has 0 saturated carbocycles. The van der Waals surface area contributed by atoms with Crippen LogP contribution in [0.15, 0.2) is 30.6 Å². The maximum atomic E-state index is 13.4. The molecule has 1 aromatic carbocycles. The van der Waals surface area contributed by atoms with Gasteiger partial charge in [0.05, 0.1) is 5.52 Å². The lowest BCUT2D eigenvalue weighted by Crippen LogP contribution is -2.48. The second-order valence-corrected chi connectivity index (χ2v) is 10.3. The Balaban J connectivity index is 1.52. The van der Waals surface area contributed by atoms with E-state index in [0.29, 0.717) is 29.6 Å². The van der Waals surface area contributed by atoms with Gasteiger partial charge in [0.15, 0.2) is 5.78 Å². The van der Waals surface area contributed by atoms with Crippen LogP contribution in [-0.4, -0.2) is 61.9 Å². The summed E-state index contributed by atoms with van der Waals surface area (Å²) in [6, 6.07) is 4.85. The van der Waals surface area contributed by atoms with Crippen molar-refractivity contribution in [1.82, 2.24) is 30.0 Å². The second-order valence-electron chi connectivity index (χ2n) is 10.3. The summed E-state index contributed by atoms with van der Waals surface area (Å²) in [5.74, 6) is -0.122. The summed E-state index contributed by atoms with van der Waals surface area (Å²) in [7, 11) is 1.68. The van der Waals surface area contributed by atoms with Crippen LogP contribution in [-0.2, 0) is 16.1 Å². The van der Waals surface area contributed by atoms with Crippen LogP contribution in [0.3, 0.4) is 0 Å². The normalized spacial score (nSPS) is 17.4. The Morgan fingerprint density at radius 1 is 1.05 bits per heavy atom. The number of amides is 2. The van der Waals surface area contributed by atoms with Gasteiger partial charge in [0, 0.05) is 38.3 Å². The summed E-state index contributed by atoms with van der Waals surface area (Å²) in [6.07, 6.45) is 12.7. The minimum Gasteiger partial charge on any atom is -0.424 e. The van der Waals surface area contributed by atoms with Crippen molar-refractivity contribution in [1.29, 1.82) is 0 Å². The summed E-state index contributed by atoms with van der Waals surface area (Å²) in [4.78, 5) is 48.7. The molecule has 0 aliphatic carbocycles. The van der Waals surface area contributed by atoms with Gasteiger partial charge in [-0.3, -0.25) is 19.1 Å². The van der Waals surface area contributed by atoms with Crippen LogP contribution < -0.4 is 10.1 Å². The van der Waals surface area contributed by atoms with E-state index in [0.717, 1.165) is 37.7 Å². The maximum Gasteiger partial charge on any atom is 0.321 e. The Labute approximate surface area is 229 Å². The second kappa shape index (κ2) is 13.3. The van der Waals surface area contributed by atoms with Gasteiger partial charge in [-0.15, -0.1) is 0 Å². The van der Waals surface area contributed by atoms with E-state index in [4.69, 9.17) is 4.74 Å². The number of benzene rings is 1. The largest absolute Gasteiger partial charge is 0.424 e. The van der Waals surface area contributed by atoms with E-state index in [9.17, 15) is 14.4 Å². The van der Waals surface area contributed by atoms with Crippen LogP contribution in [0.1, 0.15) is 80.8 Å². The first kappa shape index (κ1) is 28.2. The molecule has 39 heavy (non-hydrogen) atoms. The minimum atomic E-state index is -0.540. The van der Waals surface area contributed by atoms with Crippen molar-refractivity contribution in [3.05, 3.63) is 41.9 Å². The average molecular weight is 535 g/mol. The van der Waals surface area contributed by atoms with Gasteiger partial charge >= 0.3 is 6.01 Å². The van der Waals surface area contributed by atoms with Gasteiger partial charge in [0.2, 0.25) is 11.8 Å². The predicted octanol–water partition coefficient (Wildman–Crippen LogP) is 4.60. The smallest absolute Gasteiger partial charge is 0.321 e. The molecule has 0 spiro atoms. The van der Waals surface area contributed by atoms with Crippen LogP contribution in [0.2, 0.25) is 0 Å². The molecule has 2 amide bonds. The van der Waals surface area contributed by atoms with Gasteiger partial charge in [-0.25, -0.2) is 9.97 Å². The molecule has 1 aliphatic rings. The number of aromatic nitrogens is 4. The molecule has 1 fully saturated rings. The quantitative estimate of drug-likeness (QED) is 0.459. The Morgan fingerprint density at radius 2 is 1.72 bits per heavy atom. The van der Waals surface area contributed by atoms with Crippen molar-refractivity contribution < 1.29 is 19.1 Å². The van der Waals surface area contributed by atoms with Crippen molar-refractivity contribution in [3.63, 3.8) is 0 Å². The number of nitrogens with one attached hydrogen (secondary N) is 1. The van der Waals surface area contributed by atoms with E-state index < -0.39 is 6.04 Å². The number of hydrogen-bond donors (Lipinski definition) is 1. The lowest BCUT2D eigenvalue weighted by Gasteiger charge is -2.27. The van der Waals surface area contributed by atoms with E-state index in [1.807, 2.05) is 6.92 Å². The van der Waals surface area contributed by atoms with Crippen LogP contribution in [0.5, 0.6) is 11.8 Å². The monoisotopic (exact) mass is 534 g/mol. The lowest BCUT2D eigenvalue weighted by molar-refractivity contribution is -0.139. The number of ether oxygens (including phenoxy) is 1. The van der Waals surface area contributed by atoms with Crippen LogP contribution in [0.25, 0.3) is 10.9 Å². The van der Waals surface area contributed by atoms with Gasteiger partial charge in [-0.1, -0.05) is 44.9 Å². The molecule has 2 aromatic heterocycles. The van der Waals surface area contributed by atoms with E-state index in [-0.39, 0.29) is 35.8 Å². The average Bonchev–Trinajstić information content (AvgIpc) is 3.28. The topological polar surface area (TPSA) is 119 Å². The fourth-order valence-electron chi connectivity index (χ4n) is 4.91. The van der Waals surface area contributed by atoms with E-state index >= 15 is 0 Å². The number of fused-ring (bicyclic) bond motifs is 1. The molecule has 1 atom stereocenters. The molecule has 0 radical (unpaired) electrons. The standard InChI is InChI=1S/C29H38N6O4/c1-20-17-31-29(32-18-20)39-22-13-14-24-23(16-22)27(21(2)36)33-35(24)19-26(37)34(3)25-12-10-8-6-4-5-7-9-11-15-30-28(25)38/h13-14,16-18,25H,4-12,15,19H2,1-3H3,(H,30,38). The summed E-state index contributed by atoms with van der Waals surface area (Å²) >= 11 is 0. The van der Waals surface area contributed by atoms with Crippen molar-refractivity contribution in [2.24, 2.45) is 0 Å². The number of carbonyl (C=O) groups is 3. The number of carbonyl (C=O) groups excluding carboxylic acids is 3. The highest BCUT2D eigenvalue weighted by Crippen LogP contribution is 2.27. The number of nitrogens with zero attached hydrogens (tertiary/aromatic N) is 5. The van der Waals surface area contributed by atoms with E-state index in [1.165, 1.54) is 35.8 Å². The number of aryl methyl sites for hydroxylation is 1. The van der Waals surface area contributed by atoms with Gasteiger partial charge in [-0.2, -0.15) is 5.10 Å². The third-order valence-corrected chi connectivity index (χ3v) is 7.17. The summed E-state index contributed by atoms with van der Waals surface area (Å²) in [5.41, 5.74) is 1.78. The number of hydrogen-bond acceptors (Lipinski definition) is 7. The van der Waals surface area contributed by atoms with Gasteiger partial charge in [-0.05, 0) is 43.5 Å². The summed E-state index contributed by atoms with van der Waals surface area (Å²) in [5, 5.41) is 8.06. The van der Waals surface area contributed by atoms with Crippen molar-refractivity contribution in [2.75, 3.05) is 13.6 Å². The highest BCUT2D eigenvalue weighted by Gasteiger charge is 2.27. The van der Waals surface area contributed by atoms with E-state index in [1.54, 1.807) is 37.6 Å². The third kappa shape index (κ3) is 7.40. The van der Waals surface area contributed by atoms with Crippen molar-refractivity contribution in [3.8, 4) is 11.8 Å². The fourth-order valence-corrected chi connectivity index (χ4v) is 4.91. The number of ketones is 1. The first-order valence-corrected chi connectivity index (χ1v) is 13.8. The van der Waals surface area contributed by atoms with Crippen LogP contribution in [0.4, 0.5) is 0 Å². The first-order valence-electron chi connectivity index (χ1n) is 13.8. The molecular formula is C29H38N6O4. The molecule has 10 heteroatoms. The number of Topliss-reactive ketones (excluding diaryl/α,β-unsaturated/α-hetero) is 1. The highest BCUT2D eigenvalue weighted by molar-refractivity contribution is 6.05. The summed E-state index contributed by atoms with van der Waals surface area (Å²) < 4.78 is 7.29. The van der Waals surface area contributed by atoms with E-state index in [2.05, 4.69) is 20.4 Å². The zero-order valence-corrected chi connectivity index (χ0v) is 23.1. The SMILES string of the molecule is CC(=O)c1nn(CC(=O)N(C)C2CCCCCCCCCCNC2=O)c2ccc(Oc3ncc(C)cn3)cc12. The number of rotatable bonds is 6. The molecule has 208 valence electrons. The predicted molar refractivity (Wildman–Crippen MR) is 148 cm³/mol. The molecule has 0 bridgehead atoms. The zero-order chi connectivity index (χ0) is 27.8. The summed E-state index contributed by atoms with van der Waals surface area (Å²) in [6.45, 7) is 3.86. The molecular weight excluding hydrogens is 496 g/mol. The van der Waals surface area contributed by atoms with Gasteiger partial charge in [0.1, 0.15) is 24.0 Å². The number of likely N-dealkylation sites (N-methyl/N-ethyl adjacent to an activating group) is 1.